The second-order valence-electron chi connectivity index (χ2n) is 14.6. The highest BCUT2D eigenvalue weighted by molar-refractivity contribution is 7.47. The second kappa shape index (κ2) is 38.0. The van der Waals surface area contributed by atoms with Crippen molar-refractivity contribution in [2.75, 3.05) is 19.8 Å². The molecule has 50 heavy (non-hydrogen) atoms. The molecule has 3 atom stereocenters. The zero-order chi connectivity index (χ0) is 36.8. The highest BCUT2D eigenvalue weighted by atomic mass is 31.2. The molecule has 0 saturated carbocycles. The third-order valence-corrected chi connectivity index (χ3v) is 10.6. The monoisotopic (exact) mass is 731 g/mol. The number of unbranched alkanes of at least 4 members (excludes halogenated alkanes) is 28. The van der Waals surface area contributed by atoms with Gasteiger partial charge in [-0.2, -0.15) is 0 Å². The maximum atomic E-state index is 12.7. The van der Waals surface area contributed by atoms with Crippen LogP contribution in [0.1, 0.15) is 213 Å². The first-order valence-electron chi connectivity index (χ1n) is 21.3. The van der Waals surface area contributed by atoms with Gasteiger partial charge in [-0.1, -0.05) is 199 Å². The van der Waals surface area contributed by atoms with Crippen LogP contribution in [-0.2, 0) is 18.4 Å². The zero-order valence-electron chi connectivity index (χ0n) is 32.9. The first kappa shape index (κ1) is 49.2. The van der Waals surface area contributed by atoms with Crippen LogP contribution in [-0.4, -0.2) is 47.8 Å². The van der Waals surface area contributed by atoms with Gasteiger partial charge in [0.05, 0.1) is 25.4 Å². The lowest BCUT2D eigenvalue weighted by Crippen LogP contribution is -2.45. The maximum Gasteiger partial charge on any atom is 0.472 e. The molecule has 1 amide bonds. The molecule has 0 aliphatic carbocycles. The summed E-state index contributed by atoms with van der Waals surface area (Å²) in [6.07, 6.45) is 41.2. The Labute approximate surface area is 309 Å². The van der Waals surface area contributed by atoms with Gasteiger partial charge in [-0.05, 0) is 19.3 Å². The molecule has 0 aliphatic heterocycles. The minimum absolute atomic E-state index is 0.0811. The number of phosphoric ester groups is 1. The van der Waals surface area contributed by atoms with Gasteiger partial charge in [0.2, 0.25) is 5.91 Å². The Bertz CT molecular complexity index is 799. The summed E-state index contributed by atoms with van der Waals surface area (Å²) in [5.74, 6) is -0.192. The Morgan fingerprint density at radius 3 is 1.42 bits per heavy atom. The lowest BCUT2D eigenvalue weighted by molar-refractivity contribution is -0.123. The molecule has 0 bridgehead atoms. The Morgan fingerprint density at radius 2 is 1.02 bits per heavy atom. The minimum Gasteiger partial charge on any atom is -0.387 e. The molecule has 0 aromatic rings. The van der Waals surface area contributed by atoms with Gasteiger partial charge in [-0.15, -0.1) is 0 Å². The summed E-state index contributed by atoms with van der Waals surface area (Å²) in [7, 11) is -4.33. The largest absolute Gasteiger partial charge is 0.472 e. The van der Waals surface area contributed by atoms with Crippen LogP contribution >= 0.6 is 7.82 Å². The summed E-state index contributed by atoms with van der Waals surface area (Å²) < 4.78 is 22.1. The van der Waals surface area contributed by atoms with E-state index in [2.05, 4.69) is 19.2 Å². The summed E-state index contributed by atoms with van der Waals surface area (Å²) in [6.45, 7) is 4.14. The van der Waals surface area contributed by atoms with E-state index in [1.807, 2.05) is 6.08 Å². The molecule has 8 nitrogen and oxygen atoms in total. The predicted octanol–water partition coefficient (Wildman–Crippen LogP) is 11.6. The van der Waals surface area contributed by atoms with Crippen LogP contribution in [0.15, 0.2) is 12.2 Å². The van der Waals surface area contributed by atoms with Gasteiger partial charge < -0.3 is 21.1 Å². The van der Waals surface area contributed by atoms with E-state index in [0.717, 1.165) is 38.5 Å². The maximum absolute atomic E-state index is 12.7. The van der Waals surface area contributed by atoms with Crippen LogP contribution in [0, 0.1) is 0 Å². The summed E-state index contributed by atoms with van der Waals surface area (Å²) in [5.41, 5.74) is 5.36. The highest BCUT2D eigenvalue weighted by Crippen LogP contribution is 2.43. The third kappa shape index (κ3) is 35.6. The molecule has 0 fully saturated rings. The van der Waals surface area contributed by atoms with E-state index in [1.165, 1.54) is 154 Å². The lowest BCUT2D eigenvalue weighted by atomic mass is 10.0. The number of nitrogens with one attached hydrogen (secondary N) is 1. The molecule has 0 aromatic carbocycles. The first-order valence-corrected chi connectivity index (χ1v) is 22.8. The molecule has 5 N–H and O–H groups in total. The van der Waals surface area contributed by atoms with Crippen LogP contribution in [0.5, 0.6) is 0 Å². The number of rotatable bonds is 40. The molecule has 0 rings (SSSR count). The second-order valence-corrected chi connectivity index (χ2v) is 16.0. The molecule has 9 heteroatoms. The van der Waals surface area contributed by atoms with Crippen molar-refractivity contribution in [2.24, 2.45) is 5.73 Å². The molecule has 0 radical (unpaired) electrons. The summed E-state index contributed by atoms with van der Waals surface area (Å²) in [6, 6.07) is -0.853. The van der Waals surface area contributed by atoms with Crippen LogP contribution in [0.3, 0.4) is 0 Å². The van der Waals surface area contributed by atoms with Crippen molar-refractivity contribution < 1.29 is 28.4 Å². The van der Waals surface area contributed by atoms with Crippen molar-refractivity contribution in [3.05, 3.63) is 12.2 Å². The van der Waals surface area contributed by atoms with Gasteiger partial charge in [0.15, 0.2) is 0 Å². The van der Waals surface area contributed by atoms with E-state index < -0.39 is 20.0 Å². The van der Waals surface area contributed by atoms with E-state index in [4.69, 9.17) is 14.8 Å². The topological polar surface area (TPSA) is 131 Å². The van der Waals surface area contributed by atoms with Gasteiger partial charge in [0, 0.05) is 13.0 Å². The van der Waals surface area contributed by atoms with E-state index >= 15 is 0 Å². The molecular formula is C41H83N2O6P. The Hall–Kier alpha value is -0.760. The highest BCUT2D eigenvalue weighted by Gasteiger charge is 2.26. The summed E-state index contributed by atoms with van der Waals surface area (Å²) in [5, 5.41) is 13.6. The number of carbonyl (C=O) groups is 1. The smallest absolute Gasteiger partial charge is 0.387 e. The van der Waals surface area contributed by atoms with Crippen molar-refractivity contribution in [3.63, 3.8) is 0 Å². The molecule has 298 valence electrons. The van der Waals surface area contributed by atoms with Gasteiger partial charge >= 0.3 is 7.82 Å². The van der Waals surface area contributed by atoms with E-state index in [0.29, 0.717) is 6.42 Å². The number of phosphoric acid groups is 1. The Morgan fingerprint density at radius 1 is 0.640 bits per heavy atom. The van der Waals surface area contributed by atoms with Crippen molar-refractivity contribution in [2.45, 2.75) is 225 Å². The molecule has 0 heterocycles. The number of aliphatic hydroxyl groups is 1. The average molecular weight is 731 g/mol. The number of carbonyl (C=O) groups excluding carboxylic acids is 1. The van der Waals surface area contributed by atoms with Crippen LogP contribution in [0.4, 0.5) is 0 Å². The fourth-order valence-electron chi connectivity index (χ4n) is 6.37. The van der Waals surface area contributed by atoms with E-state index in [-0.39, 0.29) is 25.7 Å². The third-order valence-electron chi connectivity index (χ3n) is 9.61. The van der Waals surface area contributed by atoms with Gasteiger partial charge in [-0.3, -0.25) is 13.8 Å². The molecule has 1 unspecified atom stereocenters. The number of allylic oxidation sites excluding steroid dienone is 1. The molecule has 0 aliphatic rings. The number of hydrogen-bond donors (Lipinski definition) is 4. The van der Waals surface area contributed by atoms with Crippen molar-refractivity contribution in [1.82, 2.24) is 5.32 Å². The number of nitrogens with two attached hydrogens (primary N) is 1. The SMILES string of the molecule is CCCCCCCCCCC/C=C/[C@@H](O)[C@H](COP(=O)(O)OCCN)NC(=O)CCCCCCCCCCCCCCCCCCCCCC. The van der Waals surface area contributed by atoms with Crippen molar-refractivity contribution >= 4 is 13.7 Å². The quantitative estimate of drug-likeness (QED) is 0.0280. The Kier molecular flexibility index (Phi) is 37.4. The first-order chi connectivity index (χ1) is 24.4. The van der Waals surface area contributed by atoms with Gasteiger partial charge in [-0.25, -0.2) is 4.57 Å². The minimum atomic E-state index is -4.33. The molecule has 0 spiro atoms. The molecule has 0 aromatic heterocycles. The molecular weight excluding hydrogens is 647 g/mol. The summed E-state index contributed by atoms with van der Waals surface area (Å²) >= 11 is 0. The van der Waals surface area contributed by atoms with Crippen LogP contribution in [0.25, 0.3) is 0 Å². The molecule has 0 saturated heterocycles. The van der Waals surface area contributed by atoms with Crippen LogP contribution < -0.4 is 11.1 Å². The Balaban J connectivity index is 4.10. The zero-order valence-corrected chi connectivity index (χ0v) is 33.8. The standard InChI is InChI=1S/C41H83N2O6P/c1-3-5-7-9-11-13-15-16-17-18-19-20-21-22-23-25-27-29-31-33-35-41(45)43-39(38-49-50(46,47)48-37-36-42)40(44)34-32-30-28-26-24-14-12-10-8-6-4-2/h32,34,39-40,44H,3-31,33,35-38,42H2,1-2H3,(H,43,45)(H,46,47)/b34-32+/t39-,40+/m0/s1. The normalized spacial score (nSPS) is 14.3. The number of hydrogen-bond acceptors (Lipinski definition) is 6. The van der Waals surface area contributed by atoms with Crippen molar-refractivity contribution in [1.29, 1.82) is 0 Å². The lowest BCUT2D eigenvalue weighted by Gasteiger charge is -2.23. The average Bonchev–Trinajstić information content (AvgIpc) is 3.10. The summed E-state index contributed by atoms with van der Waals surface area (Å²) in [4.78, 5) is 22.6. The van der Waals surface area contributed by atoms with Crippen molar-refractivity contribution in [3.8, 4) is 0 Å². The van der Waals surface area contributed by atoms with Gasteiger partial charge in [0.1, 0.15) is 0 Å². The number of amides is 1. The van der Waals surface area contributed by atoms with E-state index in [1.54, 1.807) is 6.08 Å². The van der Waals surface area contributed by atoms with E-state index in [9.17, 15) is 19.4 Å². The number of aliphatic hydroxyl groups excluding tert-OH is 1. The fraction of sp³-hybridized carbons (Fsp3) is 0.927. The van der Waals surface area contributed by atoms with Gasteiger partial charge in [0.25, 0.3) is 0 Å². The fourth-order valence-corrected chi connectivity index (χ4v) is 7.13. The van der Waals surface area contributed by atoms with Crippen LogP contribution in [0.2, 0.25) is 0 Å². The predicted molar refractivity (Wildman–Crippen MR) is 212 cm³/mol.